The number of aromatic hydroxyl groups is 1. The van der Waals surface area contributed by atoms with Crippen LogP contribution in [0.3, 0.4) is 0 Å². The van der Waals surface area contributed by atoms with E-state index >= 15 is 0 Å². The Morgan fingerprint density at radius 3 is 2.77 bits per heavy atom. The topological polar surface area (TPSA) is 68.5 Å². The number of halogens is 2. The second-order valence-corrected chi connectivity index (χ2v) is 10.1. The molecule has 2 aromatic rings. The van der Waals surface area contributed by atoms with Crippen LogP contribution in [0.15, 0.2) is 36.4 Å². The van der Waals surface area contributed by atoms with E-state index in [2.05, 4.69) is 26.1 Å². The molecule has 6 heteroatoms. The molecule has 2 N–H and O–H groups in total. The van der Waals surface area contributed by atoms with Gasteiger partial charge in [0.15, 0.2) is 0 Å². The quantitative estimate of drug-likeness (QED) is 0.142. The molecule has 0 saturated carbocycles. The summed E-state index contributed by atoms with van der Waals surface area (Å²) in [6.07, 6.45) is 0.645. The average molecular weight is 524 g/mol. The van der Waals surface area contributed by atoms with Gasteiger partial charge in [-0.2, -0.15) is 0 Å². The first kappa shape index (κ1) is 16.3. The summed E-state index contributed by atoms with van der Waals surface area (Å²) >= 11 is 2.16. The van der Waals surface area contributed by atoms with Crippen LogP contribution in [0.2, 0.25) is 0 Å². The predicted molar refractivity (Wildman–Crippen MR) is 89.6 cm³/mol. The molecule has 22 heavy (non-hydrogen) atoms. The third-order valence-electron chi connectivity index (χ3n) is 3.69. The average Bonchev–Trinajstić information content (AvgIpc) is 3.33. The number of alkyl halides is 2. The Bertz CT molecular complexity index is 714. The minimum absolute atomic E-state index is 0.0236. The number of ether oxygens (including phenoxy) is 1. The number of hydrogen-bond donors (Lipinski definition) is 2. The number of nitrogens with one attached hydrogen (secondary N) is 1. The molecule has 1 aliphatic rings. The summed E-state index contributed by atoms with van der Waals surface area (Å²) in [5.41, 5.74) is 1.08. The van der Waals surface area contributed by atoms with Crippen LogP contribution in [-0.2, 0) is 16.0 Å². The molecule has 2 aromatic carbocycles. The molecule has 0 amide bonds. The van der Waals surface area contributed by atoms with E-state index in [9.17, 15) is 9.90 Å². The van der Waals surface area contributed by atoms with Crippen molar-refractivity contribution < 1.29 is 36.1 Å². The molecule has 0 radical (unpaired) electrons. The molecule has 2 atom stereocenters. The maximum atomic E-state index is 12.2. The van der Waals surface area contributed by atoms with Crippen LogP contribution in [0.1, 0.15) is 12.5 Å². The van der Waals surface area contributed by atoms with Crippen LogP contribution in [-0.4, -0.2) is 25.2 Å². The van der Waals surface area contributed by atoms with E-state index in [-0.39, 0.29) is 33.2 Å². The van der Waals surface area contributed by atoms with E-state index in [1.165, 1.54) is 0 Å². The van der Waals surface area contributed by atoms with Crippen LogP contribution in [0.5, 0.6) is 5.75 Å². The van der Waals surface area contributed by atoms with Crippen LogP contribution < -0.4 is 25.0 Å². The van der Waals surface area contributed by atoms with E-state index in [0.717, 1.165) is 16.3 Å². The summed E-state index contributed by atoms with van der Waals surface area (Å²) in [6.45, 7) is 2.29. The van der Waals surface area contributed by atoms with E-state index in [0.29, 0.717) is 17.1 Å². The molecule has 0 aromatic heterocycles. The molecule has 1 saturated heterocycles. The van der Waals surface area contributed by atoms with E-state index in [1.54, 1.807) is 6.07 Å². The number of hydrogen-bond acceptors (Lipinski definition) is 4. The van der Waals surface area contributed by atoms with Gasteiger partial charge in [-0.15, -0.1) is 0 Å². The van der Waals surface area contributed by atoms with Gasteiger partial charge in [0.1, 0.15) is 0 Å². The van der Waals surface area contributed by atoms with Crippen LogP contribution >= 0.6 is 22.6 Å². The molecule has 2 unspecified atom stereocenters. The number of fused-ring (bicyclic) bond motifs is 1. The molecule has 118 valence electrons. The minimum atomic E-state index is -0.456. The van der Waals surface area contributed by atoms with Gasteiger partial charge < -0.3 is 0 Å². The standard InChI is InChI=1S/C16H16I2NO3/c1-16(17,14-18-19-14)15(21)22-9-8-10-4-2-6-12-11(10)5-3-7-13(12)20/h2-7,14,19-20H,8-9H2,1H3/q-1. The summed E-state index contributed by atoms with van der Waals surface area (Å²) in [5, 5.41) is 11.7. The fourth-order valence-electron chi connectivity index (χ4n) is 2.31. The van der Waals surface area contributed by atoms with Gasteiger partial charge in [0.25, 0.3) is 0 Å². The first-order chi connectivity index (χ1) is 10.5. The second-order valence-electron chi connectivity index (χ2n) is 5.33. The molecule has 4 nitrogen and oxygen atoms in total. The summed E-state index contributed by atoms with van der Waals surface area (Å²) < 4.78 is 8.60. The number of phenolic OH excluding ortho intramolecular Hbond substituents is 1. The second kappa shape index (κ2) is 6.48. The first-order valence-corrected chi connectivity index (χ1v) is 10.3. The van der Waals surface area contributed by atoms with Gasteiger partial charge in [0.05, 0.1) is 0 Å². The maximum absolute atomic E-state index is 12.2. The molecule has 1 fully saturated rings. The van der Waals surface area contributed by atoms with Crippen molar-refractivity contribution in [3.05, 3.63) is 42.0 Å². The van der Waals surface area contributed by atoms with Crippen LogP contribution in [0, 0.1) is 0 Å². The van der Waals surface area contributed by atoms with Crippen molar-refractivity contribution in [1.29, 1.82) is 0 Å². The molecule has 0 aliphatic carbocycles. The Morgan fingerprint density at radius 2 is 2.05 bits per heavy atom. The van der Waals surface area contributed by atoms with Crippen molar-refractivity contribution in [2.24, 2.45) is 0 Å². The molecule has 0 bridgehead atoms. The molecular formula is C16H16I2NO3-. The number of phenols is 1. The first-order valence-electron chi connectivity index (χ1n) is 6.94. The fraction of sp³-hybridized carbons (Fsp3) is 0.312. The van der Waals surface area contributed by atoms with E-state index in [1.807, 2.05) is 37.3 Å². The summed E-state index contributed by atoms with van der Waals surface area (Å²) in [6, 6.07) is 11.3. The van der Waals surface area contributed by atoms with Crippen molar-refractivity contribution in [2.45, 2.75) is 20.8 Å². The summed E-state index contributed by atoms with van der Waals surface area (Å²) in [4.78, 5) is 12.2. The Hall–Kier alpha value is -0.610. The molecular weight excluding hydrogens is 508 g/mol. The Kier molecular flexibility index (Phi) is 4.79. The van der Waals surface area contributed by atoms with E-state index < -0.39 is 3.42 Å². The Labute approximate surface area is 153 Å². The molecule has 0 spiro atoms. The number of esters is 1. The number of rotatable bonds is 5. The number of benzene rings is 2. The van der Waals surface area contributed by atoms with Gasteiger partial charge in [0, 0.05) is 0 Å². The van der Waals surface area contributed by atoms with Gasteiger partial charge in [-0.25, -0.2) is 0 Å². The van der Waals surface area contributed by atoms with E-state index in [4.69, 9.17) is 4.74 Å². The Morgan fingerprint density at radius 1 is 1.36 bits per heavy atom. The van der Waals surface area contributed by atoms with Crippen molar-refractivity contribution >= 4 is 39.3 Å². The molecule has 1 aliphatic heterocycles. The third kappa shape index (κ3) is 3.33. The van der Waals surface area contributed by atoms with Gasteiger partial charge in [-0.3, -0.25) is 0 Å². The zero-order chi connectivity index (χ0) is 15.7. The van der Waals surface area contributed by atoms with Crippen molar-refractivity contribution in [1.82, 2.24) is 3.53 Å². The monoisotopic (exact) mass is 524 g/mol. The molecule has 1 heterocycles. The predicted octanol–water partition coefficient (Wildman–Crippen LogP) is -0.242. The van der Waals surface area contributed by atoms with Crippen molar-refractivity contribution in [3.8, 4) is 5.75 Å². The number of carbonyl (C=O) groups is 1. The van der Waals surface area contributed by atoms with Crippen LogP contribution in [0.25, 0.3) is 10.8 Å². The van der Waals surface area contributed by atoms with Gasteiger partial charge in [-0.1, -0.05) is 0 Å². The Balaban J connectivity index is 1.67. The third-order valence-corrected chi connectivity index (χ3v) is 8.43. The number of carbonyl (C=O) groups excluding carboxylic acids is 1. The summed E-state index contributed by atoms with van der Waals surface area (Å²) in [5.74, 6) is 0.130. The summed E-state index contributed by atoms with van der Waals surface area (Å²) in [7, 11) is 0. The van der Waals surface area contributed by atoms with Crippen molar-refractivity contribution in [2.75, 3.05) is 6.61 Å². The zero-order valence-corrected chi connectivity index (χ0v) is 16.3. The molecule has 3 rings (SSSR count). The fourth-order valence-corrected chi connectivity index (χ4v) is 5.65. The normalized spacial score (nSPS) is 20.0. The van der Waals surface area contributed by atoms with Crippen molar-refractivity contribution in [3.63, 3.8) is 0 Å². The van der Waals surface area contributed by atoms with Gasteiger partial charge >= 0.3 is 154 Å². The zero-order valence-electron chi connectivity index (χ0n) is 12.0. The SMILES string of the molecule is CC(I)(C(=O)OCCc1cccc2c(O)cccc12)C1N[I-]1. The van der Waals surface area contributed by atoms with Gasteiger partial charge in [-0.05, 0) is 0 Å². The van der Waals surface area contributed by atoms with Crippen LogP contribution in [0.4, 0.5) is 0 Å². The van der Waals surface area contributed by atoms with Gasteiger partial charge in [0.2, 0.25) is 0 Å².